The van der Waals surface area contributed by atoms with Crippen LogP contribution in [0.5, 0.6) is 0 Å². The van der Waals surface area contributed by atoms with Crippen molar-refractivity contribution < 1.29 is 5.11 Å². The first-order valence-electron chi connectivity index (χ1n) is 4.22. The average Bonchev–Trinajstić information content (AvgIpc) is 2.30. The summed E-state index contributed by atoms with van der Waals surface area (Å²) in [6.45, 7) is -0.0202. The molecular formula is C10H9N3O. The fourth-order valence-corrected chi connectivity index (χ4v) is 1.14. The van der Waals surface area contributed by atoms with E-state index in [2.05, 4.69) is 15.0 Å². The number of aliphatic hydroxyl groups is 1. The summed E-state index contributed by atoms with van der Waals surface area (Å²) in [5.41, 5.74) is 1.58. The highest BCUT2D eigenvalue weighted by atomic mass is 16.3. The number of aliphatic hydroxyl groups excluding tert-OH is 1. The normalized spacial score (nSPS) is 10.1. The number of nitrogens with zero attached hydrogens (tertiary/aromatic N) is 3. The lowest BCUT2D eigenvalue weighted by atomic mass is 10.2. The molecule has 0 radical (unpaired) electrons. The van der Waals surface area contributed by atoms with E-state index in [9.17, 15) is 0 Å². The smallest absolute Gasteiger partial charge is 0.160 e. The molecule has 4 nitrogen and oxygen atoms in total. The Kier molecular flexibility index (Phi) is 2.46. The van der Waals surface area contributed by atoms with Crippen LogP contribution < -0.4 is 0 Å². The van der Waals surface area contributed by atoms with Gasteiger partial charge in [-0.15, -0.1) is 0 Å². The van der Waals surface area contributed by atoms with Gasteiger partial charge in [-0.1, -0.05) is 0 Å². The molecule has 0 atom stereocenters. The zero-order chi connectivity index (χ0) is 9.80. The number of rotatable bonds is 2. The fraction of sp³-hybridized carbons (Fsp3) is 0.100. The third-order valence-corrected chi connectivity index (χ3v) is 1.80. The minimum Gasteiger partial charge on any atom is -0.392 e. The van der Waals surface area contributed by atoms with Crippen LogP contribution >= 0.6 is 0 Å². The van der Waals surface area contributed by atoms with Gasteiger partial charge in [0.15, 0.2) is 5.82 Å². The van der Waals surface area contributed by atoms with Crippen LogP contribution in [-0.2, 0) is 6.61 Å². The SMILES string of the molecule is OCc1cncc(-c2ncccn2)c1. The maximum Gasteiger partial charge on any atom is 0.160 e. The molecule has 0 bridgehead atoms. The summed E-state index contributed by atoms with van der Waals surface area (Å²) < 4.78 is 0. The van der Waals surface area contributed by atoms with Crippen LogP contribution in [0.2, 0.25) is 0 Å². The van der Waals surface area contributed by atoms with Crippen LogP contribution in [0.1, 0.15) is 5.56 Å². The summed E-state index contributed by atoms with van der Waals surface area (Å²) in [6, 6.07) is 3.58. The second-order valence-electron chi connectivity index (χ2n) is 2.81. The van der Waals surface area contributed by atoms with E-state index in [4.69, 9.17) is 5.11 Å². The molecule has 0 spiro atoms. The predicted octanol–water partition coefficient (Wildman–Crippen LogP) is 1.03. The van der Waals surface area contributed by atoms with E-state index < -0.39 is 0 Å². The number of pyridine rings is 1. The van der Waals surface area contributed by atoms with E-state index in [1.807, 2.05) is 6.07 Å². The van der Waals surface area contributed by atoms with Gasteiger partial charge in [0.05, 0.1) is 6.61 Å². The first kappa shape index (κ1) is 8.77. The van der Waals surface area contributed by atoms with Crippen molar-refractivity contribution in [2.24, 2.45) is 0 Å². The van der Waals surface area contributed by atoms with Crippen molar-refractivity contribution in [1.82, 2.24) is 15.0 Å². The summed E-state index contributed by atoms with van der Waals surface area (Å²) in [5, 5.41) is 8.93. The van der Waals surface area contributed by atoms with Gasteiger partial charge in [0, 0.05) is 30.4 Å². The van der Waals surface area contributed by atoms with Gasteiger partial charge in [-0.2, -0.15) is 0 Å². The highest BCUT2D eigenvalue weighted by Gasteiger charge is 2.00. The summed E-state index contributed by atoms with van der Waals surface area (Å²) in [4.78, 5) is 12.2. The van der Waals surface area contributed by atoms with Gasteiger partial charge < -0.3 is 5.11 Å². The standard InChI is InChI=1S/C10H9N3O/c14-7-8-4-9(6-11-5-8)10-12-2-1-3-13-10/h1-6,14H,7H2. The first-order valence-corrected chi connectivity index (χ1v) is 4.22. The molecule has 2 aromatic rings. The van der Waals surface area contributed by atoms with Gasteiger partial charge in [-0.3, -0.25) is 4.98 Å². The predicted molar refractivity (Wildman–Crippen MR) is 51.2 cm³/mol. The Bertz CT molecular complexity index is 417. The van der Waals surface area contributed by atoms with E-state index in [1.165, 1.54) is 0 Å². The maximum atomic E-state index is 8.93. The molecule has 0 unspecified atom stereocenters. The summed E-state index contributed by atoms with van der Waals surface area (Å²) in [5.74, 6) is 0.621. The molecule has 0 aliphatic rings. The Morgan fingerprint density at radius 3 is 2.64 bits per heavy atom. The molecule has 0 aliphatic heterocycles. The Balaban J connectivity index is 2.42. The van der Waals surface area contributed by atoms with Gasteiger partial charge in [0.1, 0.15) is 0 Å². The largest absolute Gasteiger partial charge is 0.392 e. The van der Waals surface area contributed by atoms with E-state index in [0.717, 1.165) is 11.1 Å². The molecule has 2 rings (SSSR count). The van der Waals surface area contributed by atoms with Crippen LogP contribution in [0.3, 0.4) is 0 Å². The Morgan fingerprint density at radius 1 is 1.14 bits per heavy atom. The maximum absolute atomic E-state index is 8.93. The fourth-order valence-electron chi connectivity index (χ4n) is 1.14. The van der Waals surface area contributed by atoms with E-state index in [0.29, 0.717) is 5.82 Å². The van der Waals surface area contributed by atoms with Crippen molar-refractivity contribution in [1.29, 1.82) is 0 Å². The van der Waals surface area contributed by atoms with Crippen molar-refractivity contribution in [2.75, 3.05) is 0 Å². The first-order chi connectivity index (χ1) is 6.90. The molecule has 0 fully saturated rings. The minimum atomic E-state index is -0.0202. The molecule has 0 amide bonds. The quantitative estimate of drug-likeness (QED) is 0.762. The van der Waals surface area contributed by atoms with Gasteiger partial charge in [-0.25, -0.2) is 9.97 Å². The van der Waals surface area contributed by atoms with Crippen LogP contribution in [0, 0.1) is 0 Å². The Hall–Kier alpha value is -1.81. The topological polar surface area (TPSA) is 58.9 Å². The molecule has 0 aromatic carbocycles. The molecular weight excluding hydrogens is 178 g/mol. The van der Waals surface area contributed by atoms with Crippen molar-refractivity contribution in [3.63, 3.8) is 0 Å². The summed E-state index contributed by atoms with van der Waals surface area (Å²) >= 11 is 0. The zero-order valence-electron chi connectivity index (χ0n) is 7.46. The lowest BCUT2D eigenvalue weighted by Crippen LogP contribution is -1.90. The van der Waals surface area contributed by atoms with E-state index in [1.54, 1.807) is 30.9 Å². The monoisotopic (exact) mass is 187 g/mol. The molecule has 14 heavy (non-hydrogen) atoms. The highest BCUT2D eigenvalue weighted by Crippen LogP contribution is 2.13. The molecule has 2 aromatic heterocycles. The molecule has 0 aliphatic carbocycles. The summed E-state index contributed by atoms with van der Waals surface area (Å²) in [7, 11) is 0. The molecule has 2 heterocycles. The van der Waals surface area contributed by atoms with Gasteiger partial charge >= 0.3 is 0 Å². The third-order valence-electron chi connectivity index (χ3n) is 1.80. The van der Waals surface area contributed by atoms with Crippen molar-refractivity contribution >= 4 is 0 Å². The second-order valence-corrected chi connectivity index (χ2v) is 2.81. The van der Waals surface area contributed by atoms with Crippen molar-refractivity contribution in [3.05, 3.63) is 42.5 Å². The Morgan fingerprint density at radius 2 is 1.93 bits per heavy atom. The molecule has 4 heteroatoms. The average molecular weight is 187 g/mol. The third kappa shape index (κ3) is 1.75. The molecule has 1 N–H and O–H groups in total. The van der Waals surface area contributed by atoms with Crippen molar-refractivity contribution in [2.45, 2.75) is 6.61 Å². The minimum absolute atomic E-state index is 0.0202. The van der Waals surface area contributed by atoms with Crippen LogP contribution in [0.4, 0.5) is 0 Å². The van der Waals surface area contributed by atoms with Gasteiger partial charge in [0.25, 0.3) is 0 Å². The van der Waals surface area contributed by atoms with Crippen LogP contribution in [-0.4, -0.2) is 20.1 Å². The molecule has 70 valence electrons. The zero-order valence-corrected chi connectivity index (χ0v) is 7.46. The lowest BCUT2D eigenvalue weighted by molar-refractivity contribution is 0.281. The van der Waals surface area contributed by atoms with Crippen LogP contribution in [0.25, 0.3) is 11.4 Å². The lowest BCUT2D eigenvalue weighted by Gasteiger charge is -2.00. The number of aromatic nitrogens is 3. The highest BCUT2D eigenvalue weighted by molar-refractivity contribution is 5.53. The number of hydrogen-bond acceptors (Lipinski definition) is 4. The van der Waals surface area contributed by atoms with Crippen LogP contribution in [0.15, 0.2) is 36.9 Å². The van der Waals surface area contributed by atoms with Gasteiger partial charge in [-0.05, 0) is 17.7 Å². The molecule has 0 saturated carbocycles. The Labute approximate surface area is 81.3 Å². The molecule has 0 saturated heterocycles. The van der Waals surface area contributed by atoms with Gasteiger partial charge in [0.2, 0.25) is 0 Å². The van der Waals surface area contributed by atoms with E-state index in [-0.39, 0.29) is 6.61 Å². The van der Waals surface area contributed by atoms with Crippen molar-refractivity contribution in [3.8, 4) is 11.4 Å². The summed E-state index contributed by atoms with van der Waals surface area (Å²) in [6.07, 6.45) is 6.64. The number of hydrogen-bond donors (Lipinski definition) is 1. The van der Waals surface area contributed by atoms with E-state index >= 15 is 0 Å². The second kappa shape index (κ2) is 3.93.